The summed E-state index contributed by atoms with van der Waals surface area (Å²) in [6, 6.07) is 8.07. The molecule has 0 atom stereocenters. The van der Waals surface area contributed by atoms with Crippen LogP contribution in [0.2, 0.25) is 0 Å². The molecule has 0 aliphatic carbocycles. The Kier molecular flexibility index (Phi) is 6.37. The number of hydrogen-bond acceptors (Lipinski definition) is 6. The summed E-state index contributed by atoms with van der Waals surface area (Å²) < 4.78 is 15.6. The maximum absolute atomic E-state index is 12.9. The standard InChI is InChI=1S/C17H19NO6S/c1-22-9-8-18(11-4-5-12(23-2)13(10-11)24-3)16(19)14-6-7-15(25-14)17(20)21/h4-7,10H,8-9H2,1-3H3,(H,20,21). The Hall–Kier alpha value is -2.58. The van der Waals surface area contributed by atoms with Gasteiger partial charge in [-0.1, -0.05) is 0 Å². The molecule has 8 heteroatoms. The van der Waals surface area contributed by atoms with Crippen LogP contribution in [0.5, 0.6) is 11.5 Å². The minimum atomic E-state index is -1.06. The van der Waals surface area contributed by atoms with Crippen LogP contribution in [-0.2, 0) is 4.74 Å². The number of carbonyl (C=O) groups is 2. The molecule has 2 rings (SSSR count). The Morgan fingerprint density at radius 1 is 1.04 bits per heavy atom. The summed E-state index contributed by atoms with van der Waals surface area (Å²) >= 11 is 0.936. The van der Waals surface area contributed by atoms with E-state index in [2.05, 4.69) is 0 Å². The fourth-order valence-electron chi connectivity index (χ4n) is 2.22. The molecule has 0 radical (unpaired) electrons. The van der Waals surface area contributed by atoms with Crippen LogP contribution in [0.15, 0.2) is 30.3 Å². The maximum Gasteiger partial charge on any atom is 0.345 e. The van der Waals surface area contributed by atoms with Crippen molar-refractivity contribution in [2.75, 3.05) is 39.4 Å². The van der Waals surface area contributed by atoms with E-state index in [-0.39, 0.29) is 10.8 Å². The zero-order valence-corrected chi connectivity index (χ0v) is 15.0. The summed E-state index contributed by atoms with van der Waals surface area (Å²) in [4.78, 5) is 25.9. The molecule has 0 bridgehead atoms. The number of nitrogens with zero attached hydrogens (tertiary/aromatic N) is 1. The molecule has 25 heavy (non-hydrogen) atoms. The van der Waals surface area contributed by atoms with Gasteiger partial charge in [-0.15, -0.1) is 11.3 Å². The molecular weight excluding hydrogens is 346 g/mol. The monoisotopic (exact) mass is 365 g/mol. The van der Waals surface area contributed by atoms with Crippen LogP contribution in [0.25, 0.3) is 0 Å². The second-order valence-corrected chi connectivity index (χ2v) is 6.04. The quantitative estimate of drug-likeness (QED) is 0.774. The Bertz CT molecular complexity index is 757. The lowest BCUT2D eigenvalue weighted by Crippen LogP contribution is -2.33. The van der Waals surface area contributed by atoms with Crippen molar-refractivity contribution < 1.29 is 28.9 Å². The summed E-state index contributed by atoms with van der Waals surface area (Å²) in [6.07, 6.45) is 0. The number of carboxylic acid groups (broad SMARTS) is 1. The molecule has 0 aliphatic rings. The number of benzene rings is 1. The third kappa shape index (κ3) is 4.28. The van der Waals surface area contributed by atoms with Crippen molar-refractivity contribution in [1.29, 1.82) is 0 Å². The number of amides is 1. The van der Waals surface area contributed by atoms with Crippen molar-refractivity contribution in [3.63, 3.8) is 0 Å². The Morgan fingerprint density at radius 3 is 2.28 bits per heavy atom. The Morgan fingerprint density at radius 2 is 1.72 bits per heavy atom. The molecule has 134 valence electrons. The third-order valence-corrected chi connectivity index (χ3v) is 4.53. The zero-order valence-electron chi connectivity index (χ0n) is 14.1. The SMILES string of the molecule is COCCN(C(=O)c1ccc(C(=O)O)s1)c1ccc(OC)c(OC)c1. The largest absolute Gasteiger partial charge is 0.493 e. The fraction of sp³-hybridized carbons (Fsp3) is 0.294. The van der Waals surface area contributed by atoms with Crippen molar-refractivity contribution in [3.05, 3.63) is 40.1 Å². The van der Waals surface area contributed by atoms with E-state index in [1.54, 1.807) is 25.3 Å². The molecule has 0 saturated carbocycles. The van der Waals surface area contributed by atoms with Gasteiger partial charge in [0, 0.05) is 25.4 Å². The predicted octanol–water partition coefficient (Wildman–Crippen LogP) is 2.76. The van der Waals surface area contributed by atoms with E-state index in [9.17, 15) is 9.59 Å². The van der Waals surface area contributed by atoms with Crippen molar-refractivity contribution in [1.82, 2.24) is 0 Å². The van der Waals surface area contributed by atoms with Crippen molar-refractivity contribution in [2.45, 2.75) is 0 Å². The van der Waals surface area contributed by atoms with Crippen molar-refractivity contribution in [3.8, 4) is 11.5 Å². The molecule has 1 N–H and O–H groups in total. The van der Waals surface area contributed by atoms with Gasteiger partial charge in [0.1, 0.15) is 4.88 Å². The molecule has 0 fully saturated rings. The number of aromatic carboxylic acids is 1. The molecule has 2 aromatic rings. The minimum absolute atomic E-state index is 0.113. The highest BCUT2D eigenvalue weighted by atomic mass is 32.1. The lowest BCUT2D eigenvalue weighted by atomic mass is 10.2. The highest BCUT2D eigenvalue weighted by Gasteiger charge is 2.22. The molecule has 0 saturated heterocycles. The topological polar surface area (TPSA) is 85.3 Å². The van der Waals surface area contributed by atoms with Gasteiger partial charge in [0.05, 0.1) is 25.7 Å². The number of anilines is 1. The minimum Gasteiger partial charge on any atom is -0.493 e. The van der Waals surface area contributed by atoms with Crippen LogP contribution >= 0.6 is 11.3 Å². The second-order valence-electron chi connectivity index (χ2n) is 4.96. The van der Waals surface area contributed by atoms with Crippen molar-refractivity contribution in [2.24, 2.45) is 0 Å². The molecule has 0 unspecified atom stereocenters. The average molecular weight is 365 g/mol. The van der Waals surface area contributed by atoms with Gasteiger partial charge in [-0.3, -0.25) is 4.79 Å². The summed E-state index contributed by atoms with van der Waals surface area (Å²) in [6.45, 7) is 0.641. The highest BCUT2D eigenvalue weighted by molar-refractivity contribution is 7.16. The van der Waals surface area contributed by atoms with E-state index in [1.807, 2.05) is 0 Å². The lowest BCUT2D eigenvalue weighted by Gasteiger charge is -2.23. The number of carboxylic acids is 1. The van der Waals surface area contributed by atoms with Gasteiger partial charge in [0.15, 0.2) is 11.5 Å². The number of methoxy groups -OCH3 is 3. The van der Waals surface area contributed by atoms with E-state index >= 15 is 0 Å². The highest BCUT2D eigenvalue weighted by Crippen LogP contribution is 2.32. The lowest BCUT2D eigenvalue weighted by molar-refractivity contribution is 0.0702. The Labute approximate surface area is 149 Å². The van der Waals surface area contributed by atoms with Crippen LogP contribution in [0.3, 0.4) is 0 Å². The summed E-state index contributed by atoms with van der Waals surface area (Å²) in [7, 11) is 4.59. The van der Waals surface area contributed by atoms with Gasteiger partial charge in [-0.05, 0) is 24.3 Å². The fourth-order valence-corrected chi connectivity index (χ4v) is 3.02. The van der Waals surface area contributed by atoms with Gasteiger partial charge in [-0.2, -0.15) is 0 Å². The zero-order chi connectivity index (χ0) is 18.4. The average Bonchev–Trinajstić information content (AvgIpc) is 3.12. The van der Waals surface area contributed by atoms with E-state index < -0.39 is 5.97 Å². The first-order chi connectivity index (χ1) is 12.0. The summed E-state index contributed by atoms with van der Waals surface area (Å²) in [5.74, 6) is -0.317. The predicted molar refractivity (Wildman–Crippen MR) is 94.4 cm³/mol. The first-order valence-corrected chi connectivity index (χ1v) is 8.19. The summed E-state index contributed by atoms with van der Waals surface area (Å²) in [5, 5.41) is 9.04. The van der Waals surface area contributed by atoms with Gasteiger partial charge >= 0.3 is 5.97 Å². The first kappa shape index (κ1) is 18.8. The van der Waals surface area contributed by atoms with Gasteiger partial charge < -0.3 is 24.2 Å². The molecule has 0 aliphatic heterocycles. The first-order valence-electron chi connectivity index (χ1n) is 7.37. The summed E-state index contributed by atoms with van der Waals surface area (Å²) in [5.41, 5.74) is 0.602. The third-order valence-electron chi connectivity index (χ3n) is 3.47. The maximum atomic E-state index is 12.9. The molecule has 7 nitrogen and oxygen atoms in total. The molecule has 1 heterocycles. The Balaban J connectivity index is 2.37. The van der Waals surface area contributed by atoms with E-state index in [0.717, 1.165) is 11.3 Å². The number of carbonyl (C=O) groups excluding carboxylic acids is 1. The number of rotatable bonds is 8. The van der Waals surface area contributed by atoms with E-state index in [0.29, 0.717) is 35.2 Å². The molecule has 1 amide bonds. The van der Waals surface area contributed by atoms with Crippen LogP contribution < -0.4 is 14.4 Å². The molecular formula is C17H19NO6S. The smallest absolute Gasteiger partial charge is 0.345 e. The van der Waals surface area contributed by atoms with Crippen LogP contribution in [-0.4, -0.2) is 51.5 Å². The van der Waals surface area contributed by atoms with Gasteiger partial charge in [0.2, 0.25) is 0 Å². The number of thiophene rings is 1. The van der Waals surface area contributed by atoms with Gasteiger partial charge in [-0.25, -0.2) is 4.79 Å². The van der Waals surface area contributed by atoms with Crippen molar-refractivity contribution >= 4 is 28.9 Å². The van der Waals surface area contributed by atoms with Crippen LogP contribution in [0.1, 0.15) is 19.3 Å². The van der Waals surface area contributed by atoms with E-state index in [4.69, 9.17) is 19.3 Å². The second kappa shape index (κ2) is 8.50. The number of ether oxygens (including phenoxy) is 3. The van der Waals surface area contributed by atoms with Gasteiger partial charge in [0.25, 0.3) is 5.91 Å². The molecule has 1 aromatic carbocycles. The molecule has 1 aromatic heterocycles. The van der Waals surface area contributed by atoms with E-state index in [1.165, 1.54) is 31.3 Å². The molecule has 0 spiro atoms. The van der Waals surface area contributed by atoms with Crippen LogP contribution in [0, 0.1) is 0 Å². The number of hydrogen-bond donors (Lipinski definition) is 1. The normalized spacial score (nSPS) is 10.4. The van der Waals surface area contributed by atoms with Crippen LogP contribution in [0.4, 0.5) is 5.69 Å².